The maximum absolute atomic E-state index is 14.4. The van der Waals surface area contributed by atoms with E-state index in [9.17, 15) is 64.5 Å². The topological polar surface area (TPSA) is 309 Å². The van der Waals surface area contributed by atoms with E-state index >= 15 is 0 Å². The summed E-state index contributed by atoms with van der Waals surface area (Å²) >= 11 is 5.94. The third kappa shape index (κ3) is 6.88. The van der Waals surface area contributed by atoms with Crippen molar-refractivity contribution in [3.63, 3.8) is 0 Å². The molecule has 2 aliphatic heterocycles. The Labute approximate surface area is 378 Å². The number of esters is 2. The van der Waals surface area contributed by atoms with Crippen LogP contribution in [0.1, 0.15) is 73.7 Å². The quantitative estimate of drug-likeness (QED) is 0.0382. The van der Waals surface area contributed by atoms with Crippen LogP contribution < -0.4 is 10.9 Å². The zero-order chi connectivity index (χ0) is 47.8. The number of epoxide rings is 1. The number of amides is 1. The second-order valence-corrected chi connectivity index (χ2v) is 17.1. The Hall–Kier alpha value is -6.45. The average Bonchev–Trinajstić information content (AvgIpc) is 3.98. The number of carbonyl (C=O) groups excluding carboxylic acids is 5. The molecular weight excluding hydrogens is 898 g/mol. The first kappa shape index (κ1) is 46.1. The molecule has 10 atom stereocenters. The van der Waals surface area contributed by atoms with Gasteiger partial charge in [-0.05, 0) is 32.1 Å². The number of fused-ring (bicyclic) bond motifs is 3. The summed E-state index contributed by atoms with van der Waals surface area (Å²) in [5.74, 6) is -6.08. The number of hydrogen-bond acceptors (Lipinski definition) is 18. The molecule has 3 aliphatic carbocycles. The Bertz CT molecular complexity index is 2840. The Morgan fingerprint density at radius 1 is 0.985 bits per heavy atom. The molecule has 1 amide bonds. The van der Waals surface area contributed by atoms with Crippen molar-refractivity contribution in [1.82, 2.24) is 0 Å². The van der Waals surface area contributed by atoms with Gasteiger partial charge in [0.25, 0.3) is 0 Å². The fraction of sp³-hybridized carbons (Fsp3) is 0.348. The number of phenols is 2. The molecule has 3 fully saturated rings. The van der Waals surface area contributed by atoms with Crippen molar-refractivity contribution in [2.45, 2.75) is 99.1 Å². The van der Waals surface area contributed by atoms with Gasteiger partial charge in [0.15, 0.2) is 40.1 Å². The third-order valence-electron chi connectivity index (χ3n) is 12.7. The number of phenolic OH excluding ortho intramolecular Hbond substituents is 2. The molecule has 2 saturated heterocycles. The number of rotatable bonds is 9. The lowest BCUT2D eigenvalue weighted by Gasteiger charge is -2.54. The molecule has 0 radical (unpaired) electrons. The van der Waals surface area contributed by atoms with E-state index in [-0.39, 0.29) is 51.3 Å². The van der Waals surface area contributed by atoms with Crippen molar-refractivity contribution in [3.8, 4) is 17.2 Å². The molecule has 0 bridgehead atoms. The van der Waals surface area contributed by atoms with Gasteiger partial charge in [0.05, 0.1) is 23.7 Å². The lowest BCUT2D eigenvalue weighted by atomic mass is 9.50. The highest BCUT2D eigenvalue weighted by atomic mass is 35.5. The monoisotopic (exact) mass is 939 g/mol. The first-order valence-electron chi connectivity index (χ1n) is 20.5. The molecule has 346 valence electrons. The van der Waals surface area contributed by atoms with Crippen molar-refractivity contribution in [1.29, 1.82) is 0 Å². The third-order valence-corrected chi connectivity index (χ3v) is 13.0. The standard InChI is InChI=1S/C46H42ClNO18/c1-20-16-29(51)45(61)43(60,18-20)19-30(52)44-41(58)33-24(40(57)46(44,45)66-44)13-12-23(36(33)55)27-17-28(38(21(2)62-27)63-22(3)49)64-32(54)11-9-7-5-4-6-8-10-31(53)48-35-37(56)25-14-15-26(50)34(47)39(25)65-42(35)59/h4-16,21,27-28,30,38,41,50,52,55-56,58,60-61H,17-19H2,1-3H3,(H,48,53)/b6-4+,7-5+,10-8+,11-9+/t21-,27-,28-,30?,38-,41?,43?,44?,45?,46?/m1/s1/i51+2,53+2,65+2,66+2. The number of anilines is 1. The van der Waals surface area contributed by atoms with Crippen molar-refractivity contribution >= 4 is 57.7 Å². The highest BCUT2D eigenvalue weighted by Gasteiger charge is 2.96. The second kappa shape index (κ2) is 16.5. The zero-order valence-electron chi connectivity index (χ0n) is 35.1. The summed E-state index contributed by atoms with van der Waals surface area (Å²) in [5.41, 5.74) is -12.3. The summed E-state index contributed by atoms with van der Waals surface area (Å²) in [6, 6.07) is 4.95. The number of allylic oxidation sites excluding steroid dienone is 6. The van der Waals surface area contributed by atoms with Gasteiger partial charge in [0.2, 0.25) is 17.3 Å². The molecule has 66 heavy (non-hydrogen) atoms. The van der Waals surface area contributed by atoms with Gasteiger partial charge in [-0.1, -0.05) is 65.8 Å². The Morgan fingerprint density at radius 3 is 2.36 bits per heavy atom. The molecule has 2 aromatic carbocycles. The molecule has 0 spiro atoms. The smallest absolute Gasteiger partial charge is 0.364 e. The number of hydrogen-bond donors (Lipinski definition) is 8. The predicted molar refractivity (Wildman–Crippen MR) is 227 cm³/mol. The van der Waals surface area contributed by atoms with Crippen LogP contribution in [0.4, 0.5) is 5.69 Å². The zero-order valence-corrected chi connectivity index (χ0v) is 35.8. The van der Waals surface area contributed by atoms with Crippen LogP contribution in [-0.4, -0.2) is 112 Å². The number of ketones is 2. The van der Waals surface area contributed by atoms with Gasteiger partial charge in [-0.2, -0.15) is 0 Å². The van der Waals surface area contributed by atoms with Crippen molar-refractivity contribution in [3.05, 3.63) is 117 Å². The van der Waals surface area contributed by atoms with Gasteiger partial charge in [-0.3, -0.25) is 19.2 Å². The summed E-state index contributed by atoms with van der Waals surface area (Å²) in [5, 5.41) is 80.8. The Kier molecular flexibility index (Phi) is 11.5. The predicted octanol–water partition coefficient (Wildman–Crippen LogP) is 3.00. The Balaban J connectivity index is 0.943. The average molecular weight is 940 g/mol. The van der Waals surface area contributed by atoms with E-state index in [1.165, 1.54) is 67.6 Å². The SMILES string of the molecule is CC(=O)O[C@@H]1[C@@H](C)O[C@@H](c2ccc3c(c2O)C(O)C24[18O]C2(C3=O)C2(O)C(=[18O])C=C(C)CC2(O)CC4O)C[C@H]1OC(=O)/C=C/C=C/C=C/C=C/C(=[18O])Nc1c(O)c2ccc(O)c(Cl)c2[18o]c1=O. The van der Waals surface area contributed by atoms with Gasteiger partial charge >= 0.3 is 17.6 Å². The largest absolute Gasteiger partial charge is 0.507 e. The number of Topliss-reactive ketones (excluding diaryl/α,β-unsaturated/α-hetero) is 1. The number of aliphatic hydroxyl groups is 4. The number of aromatic hydroxyl groups is 3. The lowest BCUT2D eigenvalue weighted by Crippen LogP contribution is -2.78. The maximum Gasteiger partial charge on any atom is 0.364 e. The van der Waals surface area contributed by atoms with Gasteiger partial charge in [-0.15, -0.1) is 0 Å². The highest BCUT2D eigenvalue weighted by Crippen LogP contribution is 2.74. The van der Waals surface area contributed by atoms with Crippen molar-refractivity contribution in [2.75, 3.05) is 5.32 Å². The van der Waals surface area contributed by atoms with Crippen LogP contribution in [0.25, 0.3) is 11.0 Å². The van der Waals surface area contributed by atoms with E-state index in [4.69, 9.17) is 35.0 Å². The molecule has 19 nitrogen and oxygen atoms in total. The minimum absolute atomic E-state index is 0.00805. The van der Waals surface area contributed by atoms with Crippen molar-refractivity contribution < 1.29 is 83.1 Å². The Morgan fingerprint density at radius 2 is 1.67 bits per heavy atom. The summed E-state index contributed by atoms with van der Waals surface area (Å²) in [6.07, 6.45) is 2.51. The fourth-order valence-corrected chi connectivity index (χ4v) is 9.99. The first-order chi connectivity index (χ1) is 31.1. The van der Waals surface area contributed by atoms with Crippen LogP contribution in [0.3, 0.4) is 0 Å². The van der Waals surface area contributed by atoms with Crippen molar-refractivity contribution in [2.24, 2.45) is 0 Å². The molecule has 1 aromatic heterocycles. The number of ether oxygens (including phenoxy) is 4. The summed E-state index contributed by atoms with van der Waals surface area (Å²) in [7, 11) is 0. The van der Waals surface area contributed by atoms with Crippen LogP contribution in [0.15, 0.2) is 93.7 Å². The van der Waals surface area contributed by atoms with Gasteiger partial charge < -0.3 is 64.4 Å². The van der Waals surface area contributed by atoms with E-state index in [0.29, 0.717) is 5.57 Å². The fourth-order valence-electron chi connectivity index (χ4n) is 9.78. The van der Waals surface area contributed by atoms with Crippen LogP contribution >= 0.6 is 11.6 Å². The van der Waals surface area contributed by atoms with Gasteiger partial charge in [-0.25, -0.2) is 9.59 Å². The first-order valence-corrected chi connectivity index (χ1v) is 20.8. The number of halogens is 1. The molecular formula is C46H42ClNO18. The minimum Gasteiger partial charge on any atom is -0.507 e. The maximum atomic E-state index is 14.4. The van der Waals surface area contributed by atoms with Gasteiger partial charge in [0, 0.05) is 55.0 Å². The summed E-state index contributed by atoms with van der Waals surface area (Å²) < 4.78 is 28.2. The minimum atomic E-state index is -2.88. The van der Waals surface area contributed by atoms with Crippen LogP contribution in [0, 0.1) is 0 Å². The molecule has 5 aliphatic rings. The molecule has 6 unspecified atom stereocenters. The highest BCUT2D eigenvalue weighted by molar-refractivity contribution is 6.36. The second-order valence-electron chi connectivity index (χ2n) is 16.7. The molecule has 8 rings (SSSR count). The van der Waals surface area contributed by atoms with Gasteiger partial charge in [0.1, 0.15) is 34.3 Å². The van der Waals surface area contributed by atoms with E-state index in [1.807, 2.05) is 0 Å². The van der Waals surface area contributed by atoms with Crippen LogP contribution in [-0.2, 0) is 38.1 Å². The molecule has 8 N–H and O–H groups in total. The van der Waals surface area contributed by atoms with E-state index in [0.717, 1.165) is 25.2 Å². The summed E-state index contributed by atoms with van der Waals surface area (Å²) in [6.45, 7) is 4.23. The van der Waals surface area contributed by atoms with Crippen LogP contribution in [0.2, 0.25) is 5.02 Å². The number of aliphatic hydroxyl groups excluding tert-OH is 2. The number of benzene rings is 2. The normalized spacial score (nSPS) is 32.5. The molecule has 1 saturated carbocycles. The van der Waals surface area contributed by atoms with E-state index in [2.05, 4.69) is 5.32 Å². The molecule has 3 aromatic rings. The van der Waals surface area contributed by atoms with Crippen LogP contribution in [0.5, 0.6) is 17.2 Å². The summed E-state index contributed by atoms with van der Waals surface area (Å²) in [4.78, 5) is 77.7. The molecule has 20 heteroatoms. The number of nitrogens with one attached hydrogen (secondary N) is 1. The lowest BCUT2D eigenvalue weighted by molar-refractivity contribution is -0.210. The number of carbonyl (C=O) groups is 5. The van der Waals surface area contributed by atoms with E-state index < -0.39 is 118 Å². The molecule has 3 heterocycles. The van der Waals surface area contributed by atoms with E-state index in [1.54, 1.807) is 6.92 Å².